The van der Waals surface area contributed by atoms with Gasteiger partial charge in [0.1, 0.15) is 5.60 Å². The van der Waals surface area contributed by atoms with Gasteiger partial charge in [-0.15, -0.1) is 0 Å². The number of rotatable bonds is 6. The van der Waals surface area contributed by atoms with Crippen LogP contribution in [-0.4, -0.2) is 17.7 Å². The summed E-state index contributed by atoms with van der Waals surface area (Å²) in [6, 6.07) is 23.6. The van der Waals surface area contributed by atoms with Crippen LogP contribution in [0.1, 0.15) is 24.0 Å². The van der Waals surface area contributed by atoms with E-state index < -0.39 is 5.60 Å². The molecule has 3 N–H and O–H groups in total. The van der Waals surface area contributed by atoms with Crippen molar-refractivity contribution >= 4 is 16.8 Å². The summed E-state index contributed by atoms with van der Waals surface area (Å²) in [5.41, 5.74) is 0.934. The molecule has 0 aliphatic heterocycles. The number of amides is 2. The van der Waals surface area contributed by atoms with Crippen molar-refractivity contribution in [3.63, 3.8) is 0 Å². The van der Waals surface area contributed by atoms with E-state index in [-0.39, 0.29) is 18.5 Å². The van der Waals surface area contributed by atoms with Crippen LogP contribution in [0.4, 0.5) is 4.79 Å². The maximum Gasteiger partial charge on any atom is 0.315 e. The first-order chi connectivity index (χ1) is 13.2. The van der Waals surface area contributed by atoms with Gasteiger partial charge >= 0.3 is 6.03 Å². The van der Waals surface area contributed by atoms with Gasteiger partial charge in [-0.05, 0) is 40.7 Å². The molecule has 3 aromatic carbocycles. The number of nitrogens with one attached hydrogen (secondary N) is 2. The zero-order valence-electron chi connectivity index (χ0n) is 15.2. The van der Waals surface area contributed by atoms with Crippen molar-refractivity contribution in [1.29, 1.82) is 0 Å². The highest BCUT2D eigenvalue weighted by Crippen LogP contribution is 2.45. The van der Waals surface area contributed by atoms with Crippen molar-refractivity contribution in [2.75, 3.05) is 6.54 Å². The summed E-state index contributed by atoms with van der Waals surface area (Å²) in [6.07, 6.45) is 1.98. The summed E-state index contributed by atoms with van der Waals surface area (Å²) in [4.78, 5) is 12.3. The first-order valence-electron chi connectivity index (χ1n) is 9.43. The predicted molar refractivity (Wildman–Crippen MR) is 107 cm³/mol. The Morgan fingerprint density at radius 1 is 0.926 bits per heavy atom. The smallest absolute Gasteiger partial charge is 0.315 e. The molecular weight excluding hydrogens is 336 g/mol. The second-order valence-corrected chi connectivity index (χ2v) is 7.24. The number of aliphatic hydroxyl groups is 1. The summed E-state index contributed by atoms with van der Waals surface area (Å²) in [5, 5.41) is 19.2. The van der Waals surface area contributed by atoms with E-state index in [4.69, 9.17) is 0 Å². The number of fused-ring (bicyclic) bond motifs is 1. The Kier molecular flexibility index (Phi) is 4.82. The highest BCUT2D eigenvalue weighted by molar-refractivity contribution is 5.86. The highest BCUT2D eigenvalue weighted by Gasteiger charge is 2.45. The van der Waals surface area contributed by atoms with Crippen LogP contribution in [0.3, 0.4) is 0 Å². The van der Waals surface area contributed by atoms with Crippen molar-refractivity contribution in [1.82, 2.24) is 10.6 Å². The van der Waals surface area contributed by atoms with Gasteiger partial charge in [-0.25, -0.2) is 4.79 Å². The zero-order valence-corrected chi connectivity index (χ0v) is 15.2. The minimum atomic E-state index is -1.00. The van der Waals surface area contributed by atoms with Gasteiger partial charge in [-0.2, -0.15) is 0 Å². The molecule has 0 unspecified atom stereocenters. The van der Waals surface area contributed by atoms with Crippen LogP contribution in [0.15, 0.2) is 72.8 Å². The maximum atomic E-state index is 12.3. The fraction of sp³-hybridized carbons (Fsp3) is 0.261. The van der Waals surface area contributed by atoms with Gasteiger partial charge in [0.05, 0.1) is 6.54 Å². The molecule has 138 valence electrons. The lowest BCUT2D eigenvalue weighted by Crippen LogP contribution is -2.45. The van der Waals surface area contributed by atoms with E-state index in [1.54, 1.807) is 0 Å². The van der Waals surface area contributed by atoms with Gasteiger partial charge in [0.15, 0.2) is 0 Å². The molecule has 0 spiro atoms. The van der Waals surface area contributed by atoms with Crippen molar-refractivity contribution in [2.45, 2.75) is 25.0 Å². The molecular formula is C23H24N2O2. The van der Waals surface area contributed by atoms with Crippen molar-refractivity contribution < 1.29 is 9.90 Å². The third-order valence-electron chi connectivity index (χ3n) is 5.36. The first-order valence-corrected chi connectivity index (χ1v) is 9.43. The second kappa shape index (κ2) is 7.41. The molecule has 0 saturated heterocycles. The zero-order chi connectivity index (χ0) is 18.7. The average molecular weight is 360 g/mol. The Labute approximate surface area is 159 Å². The van der Waals surface area contributed by atoms with Gasteiger partial charge in [0.2, 0.25) is 0 Å². The monoisotopic (exact) mass is 360 g/mol. The SMILES string of the molecule is O=C(NCc1cccc2ccccc12)NC[C@](O)(c1ccccc1)C1CC1. The summed E-state index contributed by atoms with van der Waals surface area (Å²) < 4.78 is 0. The van der Waals surface area contributed by atoms with Crippen LogP contribution in [0.25, 0.3) is 10.8 Å². The Morgan fingerprint density at radius 3 is 2.41 bits per heavy atom. The molecule has 2 amide bonds. The van der Waals surface area contributed by atoms with Crippen molar-refractivity contribution in [3.8, 4) is 0 Å². The molecule has 0 bridgehead atoms. The minimum absolute atomic E-state index is 0.207. The predicted octanol–water partition coefficient (Wildman–Crippen LogP) is 3.94. The molecule has 4 heteroatoms. The molecule has 1 aliphatic rings. The summed E-state index contributed by atoms with van der Waals surface area (Å²) in [5.74, 6) is 0.207. The van der Waals surface area contributed by atoms with Crippen LogP contribution in [0, 0.1) is 5.92 Å². The first kappa shape index (κ1) is 17.6. The number of urea groups is 1. The molecule has 1 atom stereocenters. The van der Waals surface area contributed by atoms with Gasteiger partial charge in [0.25, 0.3) is 0 Å². The third kappa shape index (κ3) is 3.81. The van der Waals surface area contributed by atoms with Gasteiger partial charge in [-0.3, -0.25) is 0 Å². The molecule has 0 aromatic heterocycles. The van der Waals surface area contributed by atoms with E-state index in [0.29, 0.717) is 6.54 Å². The number of benzene rings is 3. The molecule has 3 aromatic rings. The maximum absolute atomic E-state index is 12.3. The van der Waals surface area contributed by atoms with Crippen LogP contribution in [-0.2, 0) is 12.1 Å². The molecule has 1 aliphatic carbocycles. The average Bonchev–Trinajstić information content (AvgIpc) is 3.57. The fourth-order valence-corrected chi connectivity index (χ4v) is 3.67. The number of carbonyl (C=O) groups is 1. The normalized spacial score (nSPS) is 15.9. The Bertz CT molecular complexity index is 932. The lowest BCUT2D eigenvalue weighted by molar-refractivity contribution is 0.0160. The molecule has 27 heavy (non-hydrogen) atoms. The highest BCUT2D eigenvalue weighted by atomic mass is 16.3. The van der Waals surface area contributed by atoms with Crippen LogP contribution in [0.2, 0.25) is 0 Å². The van der Waals surface area contributed by atoms with Crippen molar-refractivity contribution in [3.05, 3.63) is 83.9 Å². The molecule has 0 radical (unpaired) electrons. The number of hydrogen-bond acceptors (Lipinski definition) is 2. The largest absolute Gasteiger partial charge is 0.383 e. The Morgan fingerprint density at radius 2 is 1.63 bits per heavy atom. The van der Waals surface area contributed by atoms with Gasteiger partial charge in [-0.1, -0.05) is 72.8 Å². The van der Waals surface area contributed by atoms with Gasteiger partial charge < -0.3 is 15.7 Å². The topological polar surface area (TPSA) is 61.4 Å². The third-order valence-corrected chi connectivity index (χ3v) is 5.36. The lowest BCUT2D eigenvalue weighted by Gasteiger charge is -2.29. The van der Waals surface area contributed by atoms with Gasteiger partial charge in [0, 0.05) is 6.54 Å². The summed E-state index contributed by atoms with van der Waals surface area (Å²) in [6.45, 7) is 0.656. The molecule has 4 rings (SSSR count). The van der Waals surface area contributed by atoms with E-state index in [9.17, 15) is 9.90 Å². The quantitative estimate of drug-likeness (QED) is 0.624. The molecule has 1 saturated carbocycles. The number of hydrogen-bond donors (Lipinski definition) is 3. The van der Waals surface area contributed by atoms with Crippen LogP contribution < -0.4 is 10.6 Å². The van der Waals surface area contributed by atoms with E-state index in [0.717, 1.165) is 34.7 Å². The molecule has 4 nitrogen and oxygen atoms in total. The van der Waals surface area contributed by atoms with E-state index in [2.05, 4.69) is 28.8 Å². The molecule has 1 fully saturated rings. The Balaban J connectivity index is 1.39. The van der Waals surface area contributed by atoms with Crippen LogP contribution >= 0.6 is 0 Å². The standard InChI is InChI=1S/C23H24N2O2/c26-22(24-15-18-9-6-8-17-7-4-5-12-21(17)18)25-16-23(27,20-13-14-20)19-10-2-1-3-11-19/h1-12,20,27H,13-16H2,(H2,24,25,26)/t23-/m0/s1. The van der Waals surface area contributed by atoms with E-state index in [1.165, 1.54) is 0 Å². The second-order valence-electron chi connectivity index (χ2n) is 7.24. The van der Waals surface area contributed by atoms with Crippen LogP contribution in [0.5, 0.6) is 0 Å². The summed E-state index contributed by atoms with van der Waals surface area (Å²) in [7, 11) is 0. The molecule has 0 heterocycles. The summed E-state index contributed by atoms with van der Waals surface area (Å²) >= 11 is 0. The Hall–Kier alpha value is -2.85. The van der Waals surface area contributed by atoms with Crippen molar-refractivity contribution in [2.24, 2.45) is 5.92 Å². The minimum Gasteiger partial charge on any atom is -0.383 e. The van der Waals surface area contributed by atoms with E-state index >= 15 is 0 Å². The lowest BCUT2D eigenvalue weighted by atomic mass is 9.89. The fourth-order valence-electron chi connectivity index (χ4n) is 3.67. The van der Waals surface area contributed by atoms with E-state index in [1.807, 2.05) is 54.6 Å². The number of carbonyl (C=O) groups excluding carboxylic acids is 1.